The van der Waals surface area contributed by atoms with Crippen molar-refractivity contribution in [3.05, 3.63) is 66.1 Å². The standard InChI is InChI=1S/C24H27N3O4/c1-5-16(2)22(25-21(28)14-11-17-9-7-6-8-10-17)24-26-23(27-31-24)18-12-13-19(29-3)20(15-18)30-4/h6-16,22H,5H2,1-4H3,(H,25,28)/b14-11+/t16-,22-/m0/s1. The van der Waals surface area contributed by atoms with E-state index in [1.165, 1.54) is 6.08 Å². The molecule has 2 aromatic carbocycles. The Morgan fingerprint density at radius 2 is 1.87 bits per heavy atom. The fraction of sp³-hybridized carbons (Fsp3) is 0.292. The van der Waals surface area contributed by atoms with Crippen molar-refractivity contribution in [2.45, 2.75) is 26.3 Å². The van der Waals surface area contributed by atoms with Gasteiger partial charge in [0.05, 0.1) is 14.2 Å². The third-order valence-corrected chi connectivity index (χ3v) is 5.09. The van der Waals surface area contributed by atoms with Gasteiger partial charge >= 0.3 is 0 Å². The number of nitrogens with zero attached hydrogens (tertiary/aromatic N) is 2. The maximum atomic E-state index is 12.5. The van der Waals surface area contributed by atoms with Crippen molar-refractivity contribution < 1.29 is 18.8 Å². The lowest BCUT2D eigenvalue weighted by Gasteiger charge is -2.19. The molecule has 162 valence electrons. The highest BCUT2D eigenvalue weighted by atomic mass is 16.5. The fourth-order valence-corrected chi connectivity index (χ4v) is 3.07. The molecule has 0 fully saturated rings. The van der Waals surface area contributed by atoms with Crippen LogP contribution in [0.1, 0.15) is 37.8 Å². The van der Waals surface area contributed by atoms with Crippen LogP contribution in [-0.4, -0.2) is 30.3 Å². The van der Waals surface area contributed by atoms with Gasteiger partial charge in [0.15, 0.2) is 11.5 Å². The highest BCUT2D eigenvalue weighted by Gasteiger charge is 2.26. The van der Waals surface area contributed by atoms with Crippen molar-refractivity contribution >= 4 is 12.0 Å². The summed E-state index contributed by atoms with van der Waals surface area (Å²) in [5, 5.41) is 7.10. The van der Waals surface area contributed by atoms with Crippen molar-refractivity contribution in [1.29, 1.82) is 0 Å². The Kier molecular flexibility index (Phi) is 7.43. The molecule has 0 saturated heterocycles. The van der Waals surface area contributed by atoms with E-state index in [9.17, 15) is 4.79 Å². The molecule has 31 heavy (non-hydrogen) atoms. The van der Waals surface area contributed by atoms with Crippen molar-refractivity contribution in [3.8, 4) is 22.9 Å². The summed E-state index contributed by atoms with van der Waals surface area (Å²) in [6, 6.07) is 14.6. The number of hydrogen-bond acceptors (Lipinski definition) is 6. The molecular formula is C24H27N3O4. The zero-order chi connectivity index (χ0) is 22.2. The minimum Gasteiger partial charge on any atom is -0.493 e. The van der Waals surface area contributed by atoms with Crippen LogP contribution in [-0.2, 0) is 4.79 Å². The molecule has 0 radical (unpaired) electrons. The quantitative estimate of drug-likeness (QED) is 0.505. The molecule has 0 aliphatic carbocycles. The molecule has 0 bridgehead atoms. The zero-order valence-electron chi connectivity index (χ0n) is 18.2. The van der Waals surface area contributed by atoms with Gasteiger partial charge in [-0.05, 0) is 35.8 Å². The van der Waals surface area contributed by atoms with Crippen LogP contribution in [0.3, 0.4) is 0 Å². The number of carbonyl (C=O) groups excluding carboxylic acids is 1. The number of benzene rings is 2. The minimum atomic E-state index is -0.403. The highest BCUT2D eigenvalue weighted by molar-refractivity contribution is 5.91. The molecule has 1 N–H and O–H groups in total. The molecule has 0 aliphatic rings. The summed E-state index contributed by atoms with van der Waals surface area (Å²) < 4.78 is 16.1. The van der Waals surface area contributed by atoms with E-state index < -0.39 is 6.04 Å². The Balaban J connectivity index is 1.80. The molecular weight excluding hydrogens is 394 g/mol. The number of rotatable bonds is 9. The minimum absolute atomic E-state index is 0.104. The van der Waals surface area contributed by atoms with Gasteiger partial charge in [-0.3, -0.25) is 4.79 Å². The summed E-state index contributed by atoms with van der Waals surface area (Å²) >= 11 is 0. The van der Waals surface area contributed by atoms with Gasteiger partial charge in [-0.15, -0.1) is 0 Å². The lowest BCUT2D eigenvalue weighted by Crippen LogP contribution is -2.31. The van der Waals surface area contributed by atoms with E-state index in [0.29, 0.717) is 23.2 Å². The van der Waals surface area contributed by atoms with E-state index in [1.54, 1.807) is 32.4 Å². The number of amides is 1. The van der Waals surface area contributed by atoms with E-state index in [2.05, 4.69) is 22.4 Å². The van der Waals surface area contributed by atoms with Crippen LogP contribution >= 0.6 is 0 Å². The lowest BCUT2D eigenvalue weighted by molar-refractivity contribution is -0.117. The van der Waals surface area contributed by atoms with Gasteiger partial charge in [0.2, 0.25) is 17.6 Å². The summed E-state index contributed by atoms with van der Waals surface area (Å²) in [7, 11) is 3.15. The molecule has 0 unspecified atom stereocenters. The van der Waals surface area contributed by atoms with Crippen LogP contribution in [0.5, 0.6) is 11.5 Å². The summed E-state index contributed by atoms with van der Waals surface area (Å²) in [4.78, 5) is 17.1. The predicted octanol–water partition coefficient (Wildman–Crippen LogP) is 4.67. The molecule has 7 nitrogen and oxygen atoms in total. The van der Waals surface area contributed by atoms with Gasteiger partial charge in [0, 0.05) is 11.6 Å². The van der Waals surface area contributed by atoms with E-state index in [-0.39, 0.29) is 11.8 Å². The zero-order valence-corrected chi connectivity index (χ0v) is 18.2. The third-order valence-electron chi connectivity index (χ3n) is 5.09. The number of ether oxygens (including phenoxy) is 2. The molecule has 1 aromatic heterocycles. The van der Waals surface area contributed by atoms with Gasteiger partial charge in [0.1, 0.15) is 6.04 Å². The van der Waals surface area contributed by atoms with E-state index in [4.69, 9.17) is 14.0 Å². The number of methoxy groups -OCH3 is 2. The first kappa shape index (κ1) is 22.1. The van der Waals surface area contributed by atoms with Gasteiger partial charge in [-0.2, -0.15) is 4.98 Å². The third kappa shape index (κ3) is 5.51. The van der Waals surface area contributed by atoms with Gasteiger partial charge in [-0.1, -0.05) is 55.8 Å². The van der Waals surface area contributed by atoms with Crippen molar-refractivity contribution in [2.24, 2.45) is 5.92 Å². The smallest absolute Gasteiger partial charge is 0.249 e. The SMILES string of the molecule is CC[C@H](C)[C@H](NC(=O)/C=C/c1ccccc1)c1nc(-c2ccc(OC)c(OC)c2)no1. The van der Waals surface area contributed by atoms with Crippen LogP contribution in [0.4, 0.5) is 0 Å². The number of hydrogen-bond donors (Lipinski definition) is 1. The molecule has 0 spiro atoms. The van der Waals surface area contributed by atoms with Gasteiger partial charge in [-0.25, -0.2) is 0 Å². The second-order valence-corrected chi connectivity index (χ2v) is 7.14. The van der Waals surface area contributed by atoms with Crippen LogP contribution in [0.25, 0.3) is 17.5 Å². The predicted molar refractivity (Wildman–Crippen MR) is 119 cm³/mol. The molecule has 0 saturated carbocycles. The first-order valence-electron chi connectivity index (χ1n) is 10.1. The summed E-state index contributed by atoms with van der Waals surface area (Å²) in [5.41, 5.74) is 1.68. The maximum absolute atomic E-state index is 12.5. The van der Waals surface area contributed by atoms with Crippen LogP contribution in [0.15, 0.2) is 59.1 Å². The van der Waals surface area contributed by atoms with E-state index in [1.807, 2.05) is 43.3 Å². The highest BCUT2D eigenvalue weighted by Crippen LogP contribution is 2.32. The molecule has 0 aliphatic heterocycles. The van der Waals surface area contributed by atoms with Crippen LogP contribution in [0.2, 0.25) is 0 Å². The first-order chi connectivity index (χ1) is 15.0. The number of aromatic nitrogens is 2. The fourth-order valence-electron chi connectivity index (χ4n) is 3.07. The molecule has 3 aromatic rings. The average Bonchev–Trinajstić information content (AvgIpc) is 3.30. The Bertz CT molecular complexity index is 1030. The van der Waals surface area contributed by atoms with Gasteiger partial charge < -0.3 is 19.3 Å². The molecule has 1 amide bonds. The van der Waals surface area contributed by atoms with Crippen molar-refractivity contribution in [3.63, 3.8) is 0 Å². The Morgan fingerprint density at radius 1 is 1.13 bits per heavy atom. The first-order valence-corrected chi connectivity index (χ1v) is 10.1. The van der Waals surface area contributed by atoms with Crippen LogP contribution in [0, 0.1) is 5.92 Å². The largest absolute Gasteiger partial charge is 0.493 e. The Morgan fingerprint density at radius 3 is 2.55 bits per heavy atom. The molecule has 2 atom stereocenters. The topological polar surface area (TPSA) is 86.5 Å². The van der Waals surface area contributed by atoms with E-state index >= 15 is 0 Å². The lowest BCUT2D eigenvalue weighted by atomic mass is 9.99. The molecule has 1 heterocycles. The second-order valence-electron chi connectivity index (χ2n) is 7.14. The number of carbonyl (C=O) groups is 1. The summed E-state index contributed by atoms with van der Waals surface area (Å²) in [6.45, 7) is 4.08. The monoisotopic (exact) mass is 421 g/mol. The average molecular weight is 421 g/mol. The van der Waals surface area contributed by atoms with Gasteiger partial charge in [0.25, 0.3) is 0 Å². The van der Waals surface area contributed by atoms with Crippen molar-refractivity contribution in [2.75, 3.05) is 14.2 Å². The van der Waals surface area contributed by atoms with E-state index in [0.717, 1.165) is 17.5 Å². The summed E-state index contributed by atoms with van der Waals surface area (Å²) in [5.74, 6) is 1.85. The second kappa shape index (κ2) is 10.4. The molecule has 7 heteroatoms. The normalized spacial score (nSPS) is 13.0. The summed E-state index contributed by atoms with van der Waals surface area (Å²) in [6.07, 6.45) is 4.11. The molecule has 3 rings (SSSR count). The Hall–Kier alpha value is -3.61. The Labute approximate surface area is 182 Å². The number of nitrogens with one attached hydrogen (secondary N) is 1. The van der Waals surface area contributed by atoms with Crippen molar-refractivity contribution in [1.82, 2.24) is 15.5 Å². The van der Waals surface area contributed by atoms with Crippen LogP contribution < -0.4 is 14.8 Å². The maximum Gasteiger partial charge on any atom is 0.249 e.